The van der Waals surface area contributed by atoms with Crippen LogP contribution in [0.2, 0.25) is 0 Å². The third kappa shape index (κ3) is 1.63. The quantitative estimate of drug-likeness (QED) is 0.618. The molecule has 1 aliphatic carbocycles. The van der Waals surface area contributed by atoms with E-state index in [1.807, 2.05) is 0 Å². The molecule has 4 heteroatoms. The molecule has 0 spiro atoms. The Labute approximate surface area is 78.0 Å². The van der Waals surface area contributed by atoms with Gasteiger partial charge in [-0.25, -0.2) is 4.79 Å². The number of piperidine rings is 1. The highest BCUT2D eigenvalue weighted by molar-refractivity contribution is 5.67. The second-order valence-corrected chi connectivity index (χ2v) is 3.88. The molecule has 0 radical (unpaired) electrons. The van der Waals surface area contributed by atoms with Crippen LogP contribution < -0.4 is 10.6 Å². The second kappa shape index (κ2) is 3.54. The molecule has 1 amide bonds. The minimum absolute atomic E-state index is 0.154. The van der Waals surface area contributed by atoms with E-state index in [9.17, 15) is 4.79 Å². The van der Waals surface area contributed by atoms with Crippen molar-refractivity contribution in [3.05, 3.63) is 0 Å². The van der Waals surface area contributed by atoms with Gasteiger partial charge in [-0.05, 0) is 12.8 Å². The van der Waals surface area contributed by atoms with E-state index in [1.165, 1.54) is 12.8 Å². The Morgan fingerprint density at radius 2 is 2.00 bits per heavy atom. The van der Waals surface area contributed by atoms with Gasteiger partial charge in [-0.1, -0.05) is 0 Å². The van der Waals surface area contributed by atoms with Gasteiger partial charge in [0.2, 0.25) is 0 Å². The van der Waals surface area contributed by atoms with Gasteiger partial charge in [-0.3, -0.25) is 0 Å². The summed E-state index contributed by atoms with van der Waals surface area (Å²) in [4.78, 5) is 11.0. The first-order valence-electron chi connectivity index (χ1n) is 4.90. The van der Waals surface area contributed by atoms with Gasteiger partial charge in [0.05, 0.1) is 0 Å². The van der Waals surface area contributed by atoms with Crippen LogP contribution in [0.25, 0.3) is 0 Å². The molecular weight excluding hydrogens is 168 g/mol. The molecule has 2 bridgehead atoms. The van der Waals surface area contributed by atoms with Crippen molar-refractivity contribution >= 4 is 6.09 Å². The van der Waals surface area contributed by atoms with E-state index < -0.39 is 0 Å². The molecular formula is C9H16N2O2. The van der Waals surface area contributed by atoms with Crippen LogP contribution in [0, 0.1) is 11.8 Å². The van der Waals surface area contributed by atoms with Crippen molar-refractivity contribution < 1.29 is 9.53 Å². The minimum atomic E-state index is -0.288. The molecule has 2 aliphatic rings. The third-order valence-corrected chi connectivity index (χ3v) is 3.10. The number of nitrogens with one attached hydrogen (secondary N) is 2. The van der Waals surface area contributed by atoms with Gasteiger partial charge in [0, 0.05) is 32.0 Å². The zero-order chi connectivity index (χ0) is 9.26. The largest absolute Gasteiger partial charge is 0.446 e. The zero-order valence-electron chi connectivity index (χ0n) is 7.88. The van der Waals surface area contributed by atoms with Gasteiger partial charge in [0.25, 0.3) is 0 Å². The van der Waals surface area contributed by atoms with Gasteiger partial charge in [-0.15, -0.1) is 0 Å². The van der Waals surface area contributed by atoms with Gasteiger partial charge in [-0.2, -0.15) is 0 Å². The Balaban J connectivity index is 1.95. The molecule has 0 aromatic rings. The number of hydrogen-bond donors (Lipinski definition) is 2. The maximum atomic E-state index is 11.0. The Morgan fingerprint density at radius 3 is 2.54 bits per heavy atom. The summed E-state index contributed by atoms with van der Waals surface area (Å²) in [6.07, 6.45) is 2.25. The first-order valence-corrected chi connectivity index (χ1v) is 4.90. The Morgan fingerprint density at radius 1 is 1.38 bits per heavy atom. The SMILES string of the molecule is CNC(=O)OC1C2CCC1CNC2. The van der Waals surface area contributed by atoms with Gasteiger partial charge < -0.3 is 15.4 Å². The molecule has 74 valence electrons. The van der Waals surface area contributed by atoms with E-state index in [0.717, 1.165) is 13.1 Å². The fourth-order valence-corrected chi connectivity index (χ4v) is 2.41. The highest BCUT2D eigenvalue weighted by Gasteiger charge is 2.41. The molecule has 1 saturated heterocycles. The van der Waals surface area contributed by atoms with Crippen molar-refractivity contribution in [2.45, 2.75) is 18.9 Å². The average Bonchev–Trinajstić information content (AvgIpc) is 2.41. The number of alkyl carbamates (subject to hydrolysis) is 1. The lowest BCUT2D eigenvalue weighted by Crippen LogP contribution is -2.44. The second-order valence-electron chi connectivity index (χ2n) is 3.88. The molecule has 2 rings (SSSR count). The average molecular weight is 184 g/mol. The Hall–Kier alpha value is -0.770. The lowest BCUT2D eigenvalue weighted by molar-refractivity contribution is 0.0377. The van der Waals surface area contributed by atoms with Gasteiger partial charge in [0.1, 0.15) is 6.10 Å². The molecule has 0 aromatic carbocycles. The van der Waals surface area contributed by atoms with E-state index >= 15 is 0 Å². The summed E-state index contributed by atoms with van der Waals surface area (Å²) in [5, 5.41) is 5.86. The first kappa shape index (κ1) is 8.81. The van der Waals surface area contributed by atoms with Gasteiger partial charge >= 0.3 is 6.09 Å². The van der Waals surface area contributed by atoms with E-state index in [0.29, 0.717) is 11.8 Å². The molecule has 2 fully saturated rings. The van der Waals surface area contributed by atoms with Gasteiger partial charge in [0.15, 0.2) is 0 Å². The Kier molecular flexibility index (Phi) is 2.40. The van der Waals surface area contributed by atoms with Crippen LogP contribution in [-0.2, 0) is 4.74 Å². The summed E-state index contributed by atoms with van der Waals surface area (Å²) in [6.45, 7) is 2.00. The summed E-state index contributed by atoms with van der Waals surface area (Å²) >= 11 is 0. The number of ether oxygens (including phenoxy) is 1. The summed E-state index contributed by atoms with van der Waals surface area (Å²) in [5.41, 5.74) is 0. The highest BCUT2D eigenvalue weighted by Crippen LogP contribution is 2.35. The van der Waals surface area contributed by atoms with Crippen molar-refractivity contribution in [1.29, 1.82) is 0 Å². The smallest absolute Gasteiger partial charge is 0.407 e. The Bertz CT molecular complexity index is 192. The normalized spacial score (nSPS) is 37.2. The fraction of sp³-hybridized carbons (Fsp3) is 0.889. The van der Waals surface area contributed by atoms with Crippen molar-refractivity contribution in [3.63, 3.8) is 0 Å². The molecule has 2 N–H and O–H groups in total. The summed E-state index contributed by atoms with van der Waals surface area (Å²) in [7, 11) is 1.60. The van der Waals surface area contributed by atoms with E-state index in [-0.39, 0.29) is 12.2 Å². The van der Waals surface area contributed by atoms with Crippen molar-refractivity contribution in [3.8, 4) is 0 Å². The van der Waals surface area contributed by atoms with Crippen molar-refractivity contribution in [2.24, 2.45) is 11.8 Å². The van der Waals surface area contributed by atoms with Crippen LogP contribution in [0.3, 0.4) is 0 Å². The third-order valence-electron chi connectivity index (χ3n) is 3.10. The number of carbonyl (C=O) groups excluding carboxylic acids is 1. The topological polar surface area (TPSA) is 50.4 Å². The maximum Gasteiger partial charge on any atom is 0.407 e. The summed E-state index contributed by atoms with van der Waals surface area (Å²) < 4.78 is 5.34. The van der Waals surface area contributed by atoms with E-state index in [1.54, 1.807) is 7.05 Å². The number of carbonyl (C=O) groups is 1. The number of amides is 1. The molecule has 13 heavy (non-hydrogen) atoms. The summed E-state index contributed by atoms with van der Waals surface area (Å²) in [6, 6.07) is 0. The molecule has 1 saturated carbocycles. The highest BCUT2D eigenvalue weighted by atomic mass is 16.6. The molecule has 4 nitrogen and oxygen atoms in total. The van der Waals surface area contributed by atoms with E-state index in [4.69, 9.17) is 4.74 Å². The van der Waals surface area contributed by atoms with Crippen molar-refractivity contribution in [1.82, 2.24) is 10.6 Å². The monoisotopic (exact) mass is 184 g/mol. The van der Waals surface area contributed by atoms with Crippen LogP contribution in [0.1, 0.15) is 12.8 Å². The standard InChI is InChI=1S/C9H16N2O2/c1-10-9(12)13-8-6-2-3-7(8)5-11-4-6/h6-8,11H,2-5H2,1H3,(H,10,12). The molecule has 0 aromatic heterocycles. The predicted octanol–water partition coefficient (Wildman–Crippen LogP) is 0.340. The number of hydrogen-bond acceptors (Lipinski definition) is 3. The predicted molar refractivity (Wildman–Crippen MR) is 48.4 cm³/mol. The van der Waals surface area contributed by atoms with Crippen LogP contribution in [-0.4, -0.2) is 32.3 Å². The van der Waals surface area contributed by atoms with E-state index in [2.05, 4.69) is 10.6 Å². The van der Waals surface area contributed by atoms with Crippen molar-refractivity contribution in [2.75, 3.05) is 20.1 Å². The van der Waals surface area contributed by atoms with Crippen LogP contribution in [0.4, 0.5) is 4.79 Å². The lowest BCUT2D eigenvalue weighted by atomic mass is 9.97. The fourth-order valence-electron chi connectivity index (χ4n) is 2.41. The zero-order valence-corrected chi connectivity index (χ0v) is 7.88. The molecule has 1 heterocycles. The van der Waals surface area contributed by atoms with Crippen LogP contribution in [0.5, 0.6) is 0 Å². The maximum absolute atomic E-state index is 11.0. The molecule has 2 atom stereocenters. The molecule has 2 unspecified atom stereocenters. The summed E-state index contributed by atoms with van der Waals surface area (Å²) in [5.74, 6) is 1.08. The first-order chi connectivity index (χ1) is 6.31. The minimum Gasteiger partial charge on any atom is -0.446 e. The van der Waals surface area contributed by atoms with Crippen LogP contribution in [0.15, 0.2) is 0 Å². The molecule has 1 aliphatic heterocycles. The number of rotatable bonds is 1. The number of fused-ring (bicyclic) bond motifs is 2. The van der Waals surface area contributed by atoms with Crippen LogP contribution >= 0.6 is 0 Å². The lowest BCUT2D eigenvalue weighted by Gasteiger charge is -2.30.